The van der Waals surface area contributed by atoms with Crippen LogP contribution in [0.15, 0.2) is 54.6 Å². The third-order valence-corrected chi connectivity index (χ3v) is 4.03. The molecule has 2 rings (SSSR count). The maximum Gasteiger partial charge on any atom is 0.221 e. The van der Waals surface area contributed by atoms with Gasteiger partial charge in [-0.3, -0.25) is 9.69 Å². The molecular weight excluding hydrogens is 300 g/mol. The van der Waals surface area contributed by atoms with Crippen molar-refractivity contribution in [3.63, 3.8) is 0 Å². The van der Waals surface area contributed by atoms with Crippen molar-refractivity contribution in [2.45, 2.75) is 39.4 Å². The first kappa shape index (κ1) is 18.2. The van der Waals surface area contributed by atoms with E-state index in [0.29, 0.717) is 0 Å². The van der Waals surface area contributed by atoms with Crippen LogP contribution in [0.1, 0.15) is 31.4 Å². The zero-order valence-corrected chi connectivity index (χ0v) is 14.4. The molecule has 2 aromatic carbocycles. The number of hydrogen-bond donors (Lipinski definition) is 2. The molecule has 0 saturated carbocycles. The van der Waals surface area contributed by atoms with E-state index in [2.05, 4.69) is 35.3 Å². The molecule has 0 saturated heterocycles. The Kier molecular flexibility index (Phi) is 6.97. The summed E-state index contributed by atoms with van der Waals surface area (Å²) in [4.78, 5) is 13.6. The largest absolute Gasteiger partial charge is 0.396 e. The standard InChI is InChI=1S/C20H26N2O2/c1-16(11-12-23)22(14-18-7-4-3-5-8-18)15-19-9-6-10-20(13-19)21-17(2)24/h3-10,13,16,23H,11-12,14-15H2,1-2H3,(H,21,24). The van der Waals surface area contributed by atoms with Gasteiger partial charge in [0.25, 0.3) is 0 Å². The first-order valence-corrected chi connectivity index (χ1v) is 8.34. The molecule has 4 heteroatoms. The number of anilines is 1. The molecule has 0 aliphatic heterocycles. The molecule has 4 nitrogen and oxygen atoms in total. The summed E-state index contributed by atoms with van der Waals surface area (Å²) in [5.41, 5.74) is 3.21. The van der Waals surface area contributed by atoms with E-state index in [9.17, 15) is 9.90 Å². The average Bonchev–Trinajstić information content (AvgIpc) is 2.55. The molecule has 128 valence electrons. The van der Waals surface area contributed by atoms with Gasteiger partial charge in [0.15, 0.2) is 0 Å². The molecule has 1 unspecified atom stereocenters. The van der Waals surface area contributed by atoms with Crippen LogP contribution in [0.3, 0.4) is 0 Å². The molecule has 0 radical (unpaired) electrons. The second kappa shape index (κ2) is 9.21. The summed E-state index contributed by atoms with van der Waals surface area (Å²) < 4.78 is 0. The average molecular weight is 326 g/mol. The van der Waals surface area contributed by atoms with Crippen LogP contribution in [0.4, 0.5) is 5.69 Å². The summed E-state index contributed by atoms with van der Waals surface area (Å²) in [6.07, 6.45) is 0.734. The fourth-order valence-corrected chi connectivity index (χ4v) is 2.74. The lowest BCUT2D eigenvalue weighted by Crippen LogP contribution is -2.32. The molecule has 0 fully saturated rings. The van der Waals surface area contributed by atoms with Gasteiger partial charge < -0.3 is 10.4 Å². The van der Waals surface area contributed by atoms with E-state index >= 15 is 0 Å². The first-order valence-electron chi connectivity index (χ1n) is 8.34. The Balaban J connectivity index is 2.13. The van der Waals surface area contributed by atoms with E-state index < -0.39 is 0 Å². The van der Waals surface area contributed by atoms with E-state index in [4.69, 9.17) is 0 Å². The minimum atomic E-state index is -0.0676. The van der Waals surface area contributed by atoms with Crippen molar-refractivity contribution in [2.75, 3.05) is 11.9 Å². The Morgan fingerprint density at radius 2 is 1.75 bits per heavy atom. The lowest BCUT2D eigenvalue weighted by atomic mass is 10.1. The van der Waals surface area contributed by atoms with Crippen molar-refractivity contribution in [1.82, 2.24) is 4.90 Å². The van der Waals surface area contributed by atoms with Crippen LogP contribution in [0.5, 0.6) is 0 Å². The third-order valence-electron chi connectivity index (χ3n) is 4.03. The van der Waals surface area contributed by atoms with Crippen LogP contribution in [0.2, 0.25) is 0 Å². The summed E-state index contributed by atoms with van der Waals surface area (Å²) in [5.74, 6) is -0.0676. The van der Waals surface area contributed by atoms with E-state index in [1.54, 1.807) is 0 Å². The van der Waals surface area contributed by atoms with Gasteiger partial charge in [-0.25, -0.2) is 0 Å². The third kappa shape index (κ3) is 5.80. The Hall–Kier alpha value is -2.17. The van der Waals surface area contributed by atoms with Crippen LogP contribution < -0.4 is 5.32 Å². The highest BCUT2D eigenvalue weighted by Gasteiger charge is 2.15. The van der Waals surface area contributed by atoms with Gasteiger partial charge in [-0.1, -0.05) is 42.5 Å². The van der Waals surface area contributed by atoms with Crippen molar-refractivity contribution >= 4 is 11.6 Å². The second-order valence-corrected chi connectivity index (χ2v) is 6.13. The fourth-order valence-electron chi connectivity index (χ4n) is 2.74. The fraction of sp³-hybridized carbons (Fsp3) is 0.350. The van der Waals surface area contributed by atoms with Crippen molar-refractivity contribution in [2.24, 2.45) is 0 Å². The molecule has 0 heterocycles. The van der Waals surface area contributed by atoms with E-state index in [-0.39, 0.29) is 18.6 Å². The molecule has 0 aromatic heterocycles. The Bertz CT molecular complexity index is 643. The number of hydrogen-bond acceptors (Lipinski definition) is 3. The molecule has 24 heavy (non-hydrogen) atoms. The van der Waals surface area contributed by atoms with Crippen molar-refractivity contribution in [3.8, 4) is 0 Å². The highest BCUT2D eigenvalue weighted by Crippen LogP contribution is 2.18. The summed E-state index contributed by atoms with van der Waals surface area (Å²) in [6, 6.07) is 18.5. The number of benzene rings is 2. The van der Waals surface area contributed by atoms with Gasteiger partial charge >= 0.3 is 0 Å². The smallest absolute Gasteiger partial charge is 0.221 e. The lowest BCUT2D eigenvalue weighted by Gasteiger charge is -2.29. The number of nitrogens with zero attached hydrogens (tertiary/aromatic N) is 1. The number of carbonyl (C=O) groups excluding carboxylic acids is 1. The van der Waals surface area contributed by atoms with Crippen molar-refractivity contribution in [3.05, 3.63) is 65.7 Å². The van der Waals surface area contributed by atoms with Crippen LogP contribution >= 0.6 is 0 Å². The molecule has 2 aromatic rings. The maximum absolute atomic E-state index is 11.2. The van der Waals surface area contributed by atoms with E-state index in [0.717, 1.165) is 30.8 Å². The second-order valence-electron chi connectivity index (χ2n) is 6.13. The topological polar surface area (TPSA) is 52.6 Å². The summed E-state index contributed by atoms with van der Waals surface area (Å²) >= 11 is 0. The predicted octanol–water partition coefficient (Wildman–Crippen LogP) is 3.42. The number of nitrogens with one attached hydrogen (secondary N) is 1. The number of carbonyl (C=O) groups is 1. The van der Waals surface area contributed by atoms with Crippen LogP contribution in [0.25, 0.3) is 0 Å². The first-order chi connectivity index (χ1) is 11.6. The number of rotatable bonds is 8. The Morgan fingerprint density at radius 1 is 1.08 bits per heavy atom. The summed E-state index contributed by atoms with van der Waals surface area (Å²) in [5, 5.41) is 12.1. The molecule has 0 bridgehead atoms. The van der Waals surface area contributed by atoms with E-state index in [1.807, 2.05) is 36.4 Å². The Morgan fingerprint density at radius 3 is 2.42 bits per heavy atom. The molecule has 1 atom stereocenters. The zero-order chi connectivity index (χ0) is 17.4. The SMILES string of the molecule is CC(=O)Nc1cccc(CN(Cc2ccccc2)C(C)CCO)c1. The van der Waals surface area contributed by atoms with Crippen LogP contribution in [-0.4, -0.2) is 28.6 Å². The highest BCUT2D eigenvalue weighted by atomic mass is 16.3. The van der Waals surface area contributed by atoms with Gasteiger partial charge in [-0.15, -0.1) is 0 Å². The molecule has 1 amide bonds. The van der Waals surface area contributed by atoms with Gasteiger partial charge in [0.1, 0.15) is 0 Å². The normalized spacial score (nSPS) is 12.2. The van der Waals surface area contributed by atoms with Gasteiger partial charge in [0.05, 0.1) is 0 Å². The maximum atomic E-state index is 11.2. The molecule has 2 N–H and O–H groups in total. The van der Waals surface area contributed by atoms with Crippen molar-refractivity contribution in [1.29, 1.82) is 0 Å². The summed E-state index contributed by atoms with van der Waals surface area (Å²) in [7, 11) is 0. The molecular formula is C20H26N2O2. The number of aliphatic hydroxyl groups is 1. The van der Waals surface area contributed by atoms with Gasteiger partial charge in [0.2, 0.25) is 5.91 Å². The number of amides is 1. The predicted molar refractivity (Wildman–Crippen MR) is 97.6 cm³/mol. The minimum Gasteiger partial charge on any atom is -0.396 e. The zero-order valence-electron chi connectivity index (χ0n) is 14.4. The van der Waals surface area contributed by atoms with Crippen LogP contribution in [-0.2, 0) is 17.9 Å². The van der Waals surface area contributed by atoms with Crippen molar-refractivity contribution < 1.29 is 9.90 Å². The van der Waals surface area contributed by atoms with Crippen LogP contribution in [0, 0.1) is 0 Å². The highest BCUT2D eigenvalue weighted by molar-refractivity contribution is 5.88. The molecule has 0 aliphatic rings. The van der Waals surface area contributed by atoms with Gasteiger partial charge in [0, 0.05) is 38.3 Å². The molecule has 0 spiro atoms. The van der Waals surface area contributed by atoms with E-state index in [1.165, 1.54) is 12.5 Å². The monoisotopic (exact) mass is 326 g/mol. The minimum absolute atomic E-state index is 0.0676. The number of aliphatic hydroxyl groups excluding tert-OH is 1. The quantitative estimate of drug-likeness (QED) is 0.781. The van der Waals surface area contributed by atoms with Gasteiger partial charge in [-0.2, -0.15) is 0 Å². The van der Waals surface area contributed by atoms with Gasteiger partial charge in [-0.05, 0) is 36.6 Å². The molecule has 0 aliphatic carbocycles. The lowest BCUT2D eigenvalue weighted by molar-refractivity contribution is -0.114. The Labute approximate surface area is 144 Å². The summed E-state index contributed by atoms with van der Waals surface area (Å²) in [6.45, 7) is 5.42.